The van der Waals surface area contributed by atoms with E-state index in [4.69, 9.17) is 14.2 Å². The third-order valence-electron chi connectivity index (χ3n) is 5.99. The molecule has 3 aromatic rings. The van der Waals surface area contributed by atoms with E-state index in [2.05, 4.69) is 15.3 Å². The van der Waals surface area contributed by atoms with Crippen molar-refractivity contribution >= 4 is 16.7 Å². The highest BCUT2D eigenvalue weighted by molar-refractivity contribution is 5.92. The Kier molecular flexibility index (Phi) is 7.02. The van der Waals surface area contributed by atoms with Crippen LogP contribution < -0.4 is 14.8 Å². The second kappa shape index (κ2) is 9.85. The Balaban J connectivity index is 1.70. The first kappa shape index (κ1) is 25.0. The Morgan fingerprint density at radius 1 is 1.09 bits per heavy atom. The molecule has 4 rings (SSSR count). The summed E-state index contributed by atoms with van der Waals surface area (Å²) in [6.45, 7) is 5.96. The van der Waals surface area contributed by atoms with Crippen LogP contribution in [-0.2, 0) is 10.9 Å². The number of aryl methyl sites for hydroxylation is 1. The third-order valence-corrected chi connectivity index (χ3v) is 5.99. The van der Waals surface area contributed by atoms with Crippen LogP contribution in [0.2, 0.25) is 0 Å². The minimum atomic E-state index is -4.66. The maximum absolute atomic E-state index is 14.0. The van der Waals surface area contributed by atoms with E-state index >= 15 is 0 Å². The standard InChI is InChI=1S/C25H27F4N3O3/c1-13(16-8-17(25(27,28)29)10-18(26)9-16)30-24-19-11-23(35-14(2)21-6-5-7-34-21)22(33-4)12-20(19)31-15(3)32-24/h8-14,21H,5-7H2,1-4H3,(H,30,31,32)/t13-,14?,21-/m1/s1. The van der Waals surface area contributed by atoms with E-state index in [-0.39, 0.29) is 17.8 Å². The van der Waals surface area contributed by atoms with Gasteiger partial charge in [0.1, 0.15) is 23.6 Å². The van der Waals surface area contributed by atoms with Crippen molar-refractivity contribution in [1.29, 1.82) is 0 Å². The predicted molar refractivity (Wildman–Crippen MR) is 123 cm³/mol. The molecule has 2 heterocycles. The Hall–Kier alpha value is -3.14. The molecule has 3 atom stereocenters. The molecule has 35 heavy (non-hydrogen) atoms. The van der Waals surface area contributed by atoms with Gasteiger partial charge in [0, 0.05) is 18.1 Å². The number of hydrogen-bond donors (Lipinski definition) is 1. The fraction of sp³-hybridized carbons (Fsp3) is 0.440. The first-order chi connectivity index (χ1) is 16.5. The van der Waals surface area contributed by atoms with Gasteiger partial charge in [-0.25, -0.2) is 14.4 Å². The zero-order chi connectivity index (χ0) is 25.3. The van der Waals surface area contributed by atoms with Gasteiger partial charge in [-0.1, -0.05) is 0 Å². The Morgan fingerprint density at radius 3 is 2.51 bits per heavy atom. The molecule has 1 fully saturated rings. The molecule has 1 N–H and O–H groups in total. The third kappa shape index (κ3) is 5.58. The molecule has 0 bridgehead atoms. The van der Waals surface area contributed by atoms with Gasteiger partial charge in [-0.05, 0) is 63.4 Å². The molecule has 1 aliphatic heterocycles. The van der Waals surface area contributed by atoms with Gasteiger partial charge < -0.3 is 19.5 Å². The first-order valence-electron chi connectivity index (χ1n) is 11.3. The molecule has 2 aromatic carbocycles. The average Bonchev–Trinajstić information content (AvgIpc) is 3.33. The second-order valence-corrected chi connectivity index (χ2v) is 8.65. The van der Waals surface area contributed by atoms with Gasteiger partial charge in [-0.2, -0.15) is 13.2 Å². The zero-order valence-electron chi connectivity index (χ0n) is 19.9. The molecule has 6 nitrogen and oxygen atoms in total. The van der Waals surface area contributed by atoms with Crippen molar-refractivity contribution in [3.8, 4) is 11.5 Å². The minimum absolute atomic E-state index is 0.0295. The van der Waals surface area contributed by atoms with E-state index in [1.54, 1.807) is 26.0 Å². The Morgan fingerprint density at radius 2 is 1.86 bits per heavy atom. The Labute approximate surface area is 200 Å². The van der Waals surface area contributed by atoms with Gasteiger partial charge >= 0.3 is 6.18 Å². The lowest BCUT2D eigenvalue weighted by atomic mass is 10.0. The van der Waals surface area contributed by atoms with Gasteiger partial charge in [0.05, 0.1) is 30.3 Å². The van der Waals surface area contributed by atoms with Crippen molar-refractivity contribution in [3.05, 3.63) is 53.1 Å². The van der Waals surface area contributed by atoms with E-state index in [0.29, 0.717) is 46.7 Å². The van der Waals surface area contributed by atoms with Crippen molar-refractivity contribution in [1.82, 2.24) is 9.97 Å². The highest BCUT2D eigenvalue weighted by atomic mass is 19.4. The smallest absolute Gasteiger partial charge is 0.416 e. The maximum atomic E-state index is 14.0. The van der Waals surface area contributed by atoms with E-state index in [0.717, 1.165) is 25.0 Å². The van der Waals surface area contributed by atoms with Gasteiger partial charge in [-0.3, -0.25) is 0 Å². The summed E-state index contributed by atoms with van der Waals surface area (Å²) in [6, 6.07) is 5.26. The molecule has 0 amide bonds. The van der Waals surface area contributed by atoms with Gasteiger partial charge in [0.15, 0.2) is 11.5 Å². The molecule has 0 radical (unpaired) electrons. The average molecular weight is 494 g/mol. The number of rotatable bonds is 7. The number of methoxy groups -OCH3 is 1. The van der Waals surface area contributed by atoms with Gasteiger partial charge in [0.2, 0.25) is 0 Å². The van der Waals surface area contributed by atoms with Crippen molar-refractivity contribution in [2.75, 3.05) is 19.0 Å². The summed E-state index contributed by atoms with van der Waals surface area (Å²) < 4.78 is 70.9. The van der Waals surface area contributed by atoms with Crippen LogP contribution >= 0.6 is 0 Å². The van der Waals surface area contributed by atoms with Crippen LogP contribution in [0.1, 0.15) is 49.7 Å². The highest BCUT2D eigenvalue weighted by Gasteiger charge is 2.32. The molecule has 1 unspecified atom stereocenters. The van der Waals surface area contributed by atoms with E-state index in [1.165, 1.54) is 7.11 Å². The lowest BCUT2D eigenvalue weighted by molar-refractivity contribution is -0.137. The number of nitrogens with one attached hydrogen (secondary N) is 1. The van der Waals surface area contributed by atoms with Crippen LogP contribution in [0.25, 0.3) is 10.9 Å². The number of aromatic nitrogens is 2. The van der Waals surface area contributed by atoms with Gasteiger partial charge in [0.25, 0.3) is 0 Å². The van der Waals surface area contributed by atoms with Crippen LogP contribution in [0.5, 0.6) is 11.5 Å². The normalized spacial score (nSPS) is 17.9. The minimum Gasteiger partial charge on any atom is -0.493 e. The number of benzene rings is 2. The largest absolute Gasteiger partial charge is 0.493 e. The van der Waals surface area contributed by atoms with Crippen molar-refractivity contribution in [2.24, 2.45) is 0 Å². The summed E-state index contributed by atoms with van der Waals surface area (Å²) in [5.74, 6) is 0.826. The highest BCUT2D eigenvalue weighted by Crippen LogP contribution is 2.37. The van der Waals surface area contributed by atoms with E-state index in [1.807, 2.05) is 6.92 Å². The molecular weight excluding hydrogens is 466 g/mol. The fourth-order valence-electron chi connectivity index (χ4n) is 4.18. The molecule has 10 heteroatoms. The number of nitrogens with zero attached hydrogens (tertiary/aromatic N) is 2. The van der Waals surface area contributed by atoms with Crippen molar-refractivity contribution < 1.29 is 31.8 Å². The predicted octanol–water partition coefficient (Wildman–Crippen LogP) is 6.22. The number of fused-ring (bicyclic) bond motifs is 1. The van der Waals surface area contributed by atoms with Crippen molar-refractivity contribution in [2.45, 2.75) is 58.0 Å². The number of ether oxygens (including phenoxy) is 3. The molecule has 1 aliphatic rings. The summed E-state index contributed by atoms with van der Waals surface area (Å²) in [7, 11) is 1.53. The first-order valence-corrected chi connectivity index (χ1v) is 11.3. The summed E-state index contributed by atoms with van der Waals surface area (Å²) in [6.07, 6.45) is -3.03. The van der Waals surface area contributed by atoms with E-state index < -0.39 is 23.6 Å². The molecule has 0 spiro atoms. The summed E-state index contributed by atoms with van der Waals surface area (Å²) in [5.41, 5.74) is -0.344. The van der Waals surface area contributed by atoms with Gasteiger partial charge in [-0.15, -0.1) is 0 Å². The van der Waals surface area contributed by atoms with Crippen LogP contribution in [-0.4, -0.2) is 35.9 Å². The van der Waals surface area contributed by atoms with Crippen LogP contribution in [0, 0.1) is 12.7 Å². The van der Waals surface area contributed by atoms with Crippen LogP contribution in [0.4, 0.5) is 23.4 Å². The lowest BCUT2D eigenvalue weighted by Crippen LogP contribution is -2.28. The van der Waals surface area contributed by atoms with Crippen molar-refractivity contribution in [3.63, 3.8) is 0 Å². The Bertz CT molecular complexity index is 1210. The number of halogens is 4. The SMILES string of the molecule is COc1cc2nc(C)nc(N[C@H](C)c3cc(F)cc(C(F)(F)F)c3)c2cc1OC(C)[C@H]1CCCO1. The maximum Gasteiger partial charge on any atom is 0.416 e. The second-order valence-electron chi connectivity index (χ2n) is 8.65. The molecule has 1 aromatic heterocycles. The lowest BCUT2D eigenvalue weighted by Gasteiger charge is -2.23. The molecule has 0 aliphatic carbocycles. The summed E-state index contributed by atoms with van der Waals surface area (Å²) in [4.78, 5) is 8.92. The molecule has 0 saturated carbocycles. The number of hydrogen-bond acceptors (Lipinski definition) is 6. The number of alkyl halides is 3. The van der Waals surface area contributed by atoms with Crippen LogP contribution in [0.3, 0.4) is 0 Å². The monoisotopic (exact) mass is 493 g/mol. The zero-order valence-corrected chi connectivity index (χ0v) is 19.9. The van der Waals surface area contributed by atoms with Crippen LogP contribution in [0.15, 0.2) is 30.3 Å². The molecule has 1 saturated heterocycles. The number of anilines is 1. The quantitative estimate of drug-likeness (QED) is 0.394. The molecular formula is C25H27F4N3O3. The summed E-state index contributed by atoms with van der Waals surface area (Å²) >= 11 is 0. The summed E-state index contributed by atoms with van der Waals surface area (Å²) in [5, 5.41) is 3.70. The molecule has 188 valence electrons. The topological polar surface area (TPSA) is 65.5 Å². The van der Waals surface area contributed by atoms with E-state index in [9.17, 15) is 17.6 Å². The fourth-order valence-corrected chi connectivity index (χ4v) is 4.18.